The molecule has 1 saturated heterocycles. The van der Waals surface area contributed by atoms with E-state index in [0.29, 0.717) is 30.4 Å². The monoisotopic (exact) mass is 502 g/mol. The smallest absolute Gasteiger partial charge is 0.287 e. The molecule has 3 amide bonds. The molecule has 3 atom stereocenters. The Bertz CT molecular complexity index is 1070. The zero-order valence-corrected chi connectivity index (χ0v) is 19.9. The Morgan fingerprint density at radius 3 is 2.72 bits per heavy atom. The third-order valence-corrected chi connectivity index (χ3v) is 5.75. The number of carbonyl (C=O) groups is 3. The number of nitriles is 1. The molecule has 10 heteroatoms. The van der Waals surface area contributed by atoms with Crippen molar-refractivity contribution in [2.45, 2.75) is 52.1 Å². The Labute approximate surface area is 194 Å². The molecular weight excluding hydrogens is 476 g/mol. The zero-order valence-electron chi connectivity index (χ0n) is 18.3. The van der Waals surface area contributed by atoms with Crippen molar-refractivity contribution in [3.05, 3.63) is 28.5 Å². The van der Waals surface area contributed by atoms with E-state index in [2.05, 4.69) is 47.9 Å². The summed E-state index contributed by atoms with van der Waals surface area (Å²) in [4.78, 5) is 45.0. The Hall–Kier alpha value is -2.93. The van der Waals surface area contributed by atoms with Crippen molar-refractivity contribution in [1.29, 1.82) is 5.26 Å². The van der Waals surface area contributed by atoms with Crippen LogP contribution in [0.25, 0.3) is 11.0 Å². The standard InChI is InChI=1S/C22H27BrN6O3/c1-22(2,3)10-17(20(31)26-14(11-24)8-12-6-7-25-19(12)30)29-21(32)18-27-15-5-4-13(23)9-16(15)28-18/h4-5,9,12,14,17H,6-8,10H2,1-3H3,(H,25,30)(H,26,31)(H,27,28)(H,29,32)/t12-,14-,17-/m0/s1. The van der Waals surface area contributed by atoms with Crippen LogP contribution in [0.3, 0.4) is 0 Å². The lowest BCUT2D eigenvalue weighted by Crippen LogP contribution is -2.51. The predicted octanol–water partition coefficient (Wildman–Crippen LogP) is 2.39. The first-order valence-corrected chi connectivity index (χ1v) is 11.3. The molecule has 4 N–H and O–H groups in total. The maximum Gasteiger partial charge on any atom is 0.287 e. The van der Waals surface area contributed by atoms with Crippen molar-refractivity contribution in [2.24, 2.45) is 11.3 Å². The van der Waals surface area contributed by atoms with E-state index in [4.69, 9.17) is 0 Å². The summed E-state index contributed by atoms with van der Waals surface area (Å²) in [7, 11) is 0. The first-order chi connectivity index (χ1) is 15.1. The number of aromatic nitrogens is 2. The highest BCUT2D eigenvalue weighted by Gasteiger charge is 2.32. The van der Waals surface area contributed by atoms with Gasteiger partial charge in [-0.05, 0) is 42.9 Å². The summed E-state index contributed by atoms with van der Waals surface area (Å²) in [5, 5.41) is 17.7. The van der Waals surface area contributed by atoms with Crippen LogP contribution >= 0.6 is 15.9 Å². The van der Waals surface area contributed by atoms with Crippen molar-refractivity contribution in [3.8, 4) is 6.07 Å². The number of rotatable bonds is 7. The maximum atomic E-state index is 13.0. The number of nitrogens with one attached hydrogen (secondary N) is 4. The fourth-order valence-electron chi connectivity index (χ4n) is 3.71. The minimum atomic E-state index is -0.865. The van der Waals surface area contributed by atoms with Gasteiger partial charge in [-0.3, -0.25) is 14.4 Å². The number of H-pyrrole nitrogens is 1. The SMILES string of the molecule is CC(C)(C)C[C@H](NC(=O)c1nc2ccc(Br)cc2[nH]1)C(=O)N[C@H](C#N)C[C@@H]1CCNC1=O. The highest BCUT2D eigenvalue weighted by molar-refractivity contribution is 9.10. The van der Waals surface area contributed by atoms with Crippen LogP contribution in [0.2, 0.25) is 0 Å². The molecule has 0 radical (unpaired) electrons. The van der Waals surface area contributed by atoms with E-state index in [1.54, 1.807) is 6.07 Å². The second-order valence-corrected chi connectivity index (χ2v) is 10.2. The summed E-state index contributed by atoms with van der Waals surface area (Å²) in [5.41, 5.74) is 1.07. The lowest BCUT2D eigenvalue weighted by Gasteiger charge is -2.27. The van der Waals surface area contributed by atoms with Crippen molar-refractivity contribution in [3.63, 3.8) is 0 Å². The summed E-state index contributed by atoms with van der Waals surface area (Å²) in [6.45, 7) is 6.46. The summed E-state index contributed by atoms with van der Waals surface area (Å²) in [5.74, 6) is -1.27. The lowest BCUT2D eigenvalue weighted by molar-refractivity contribution is -0.125. The van der Waals surface area contributed by atoms with E-state index < -0.39 is 23.9 Å². The number of nitrogens with zero attached hydrogens (tertiary/aromatic N) is 2. The second kappa shape index (κ2) is 9.69. The van der Waals surface area contributed by atoms with Gasteiger partial charge in [0.05, 0.1) is 17.1 Å². The van der Waals surface area contributed by atoms with Gasteiger partial charge in [0.1, 0.15) is 12.1 Å². The van der Waals surface area contributed by atoms with Gasteiger partial charge in [0.25, 0.3) is 5.91 Å². The van der Waals surface area contributed by atoms with Gasteiger partial charge >= 0.3 is 0 Å². The molecule has 1 aromatic heterocycles. The minimum absolute atomic E-state index is 0.101. The number of hydrogen-bond donors (Lipinski definition) is 4. The van der Waals surface area contributed by atoms with Crippen LogP contribution in [0, 0.1) is 22.7 Å². The molecule has 1 aliphatic rings. The molecule has 0 spiro atoms. The average molecular weight is 503 g/mol. The number of halogens is 1. The van der Waals surface area contributed by atoms with Crippen LogP contribution in [-0.2, 0) is 9.59 Å². The Balaban J connectivity index is 1.72. The molecule has 0 bridgehead atoms. The number of amides is 3. The van der Waals surface area contributed by atoms with Crippen molar-refractivity contribution in [2.75, 3.05) is 6.54 Å². The van der Waals surface area contributed by atoms with Crippen LogP contribution in [0.5, 0.6) is 0 Å². The maximum absolute atomic E-state index is 13.0. The van der Waals surface area contributed by atoms with E-state index in [9.17, 15) is 19.6 Å². The molecule has 32 heavy (non-hydrogen) atoms. The predicted molar refractivity (Wildman–Crippen MR) is 122 cm³/mol. The molecule has 2 heterocycles. The highest BCUT2D eigenvalue weighted by atomic mass is 79.9. The van der Waals surface area contributed by atoms with Crippen molar-refractivity contribution >= 4 is 44.7 Å². The van der Waals surface area contributed by atoms with E-state index in [-0.39, 0.29) is 29.5 Å². The summed E-state index contributed by atoms with van der Waals surface area (Å²) in [6.07, 6.45) is 1.23. The van der Waals surface area contributed by atoms with Gasteiger partial charge in [0.2, 0.25) is 11.8 Å². The molecule has 1 aromatic carbocycles. The number of fused-ring (bicyclic) bond motifs is 1. The molecule has 3 rings (SSSR count). The van der Waals surface area contributed by atoms with Gasteiger partial charge in [0.15, 0.2) is 5.82 Å². The number of benzene rings is 1. The number of carbonyl (C=O) groups excluding carboxylic acids is 3. The summed E-state index contributed by atoms with van der Waals surface area (Å²) < 4.78 is 0.851. The molecule has 0 unspecified atom stereocenters. The van der Waals surface area contributed by atoms with Gasteiger partial charge in [0, 0.05) is 16.9 Å². The molecular formula is C22H27BrN6O3. The molecule has 9 nitrogen and oxygen atoms in total. The Morgan fingerprint density at radius 1 is 1.34 bits per heavy atom. The number of aromatic amines is 1. The first-order valence-electron chi connectivity index (χ1n) is 10.5. The molecule has 0 aliphatic carbocycles. The fraction of sp³-hybridized carbons (Fsp3) is 0.500. The third kappa shape index (κ3) is 6.07. The van der Waals surface area contributed by atoms with Crippen molar-refractivity contribution in [1.82, 2.24) is 25.9 Å². The van der Waals surface area contributed by atoms with Crippen LogP contribution in [0.4, 0.5) is 0 Å². The largest absolute Gasteiger partial charge is 0.356 e. The molecule has 1 fully saturated rings. The van der Waals surface area contributed by atoms with E-state index in [1.165, 1.54) is 0 Å². The number of imidazole rings is 1. The second-order valence-electron chi connectivity index (χ2n) is 9.24. The van der Waals surface area contributed by atoms with E-state index >= 15 is 0 Å². The van der Waals surface area contributed by atoms with Gasteiger partial charge in [-0.25, -0.2) is 4.98 Å². The van der Waals surface area contributed by atoms with Gasteiger partial charge < -0.3 is 20.9 Å². The van der Waals surface area contributed by atoms with Gasteiger partial charge in [-0.15, -0.1) is 0 Å². The number of hydrogen-bond acceptors (Lipinski definition) is 5. The summed E-state index contributed by atoms with van der Waals surface area (Å²) >= 11 is 3.38. The molecule has 1 aliphatic heterocycles. The Morgan fingerprint density at radius 2 is 2.09 bits per heavy atom. The quantitative estimate of drug-likeness (QED) is 0.460. The average Bonchev–Trinajstić information content (AvgIpc) is 3.31. The third-order valence-electron chi connectivity index (χ3n) is 5.25. The fourth-order valence-corrected chi connectivity index (χ4v) is 4.07. The normalized spacial score (nSPS) is 18.0. The van der Waals surface area contributed by atoms with E-state index in [0.717, 1.165) is 4.47 Å². The zero-order chi connectivity index (χ0) is 23.5. The van der Waals surface area contributed by atoms with Crippen LogP contribution in [0.15, 0.2) is 22.7 Å². The van der Waals surface area contributed by atoms with Gasteiger partial charge in [-0.1, -0.05) is 36.7 Å². The van der Waals surface area contributed by atoms with E-state index in [1.807, 2.05) is 32.9 Å². The van der Waals surface area contributed by atoms with Crippen LogP contribution in [0.1, 0.15) is 50.7 Å². The first kappa shape index (κ1) is 23.7. The minimum Gasteiger partial charge on any atom is -0.356 e. The highest BCUT2D eigenvalue weighted by Crippen LogP contribution is 2.22. The lowest BCUT2D eigenvalue weighted by atomic mass is 9.87. The van der Waals surface area contributed by atoms with Crippen LogP contribution in [-0.4, -0.2) is 46.3 Å². The van der Waals surface area contributed by atoms with Gasteiger partial charge in [-0.2, -0.15) is 5.26 Å². The summed E-state index contributed by atoms with van der Waals surface area (Å²) in [6, 6.07) is 5.80. The molecule has 0 saturated carbocycles. The van der Waals surface area contributed by atoms with Crippen molar-refractivity contribution < 1.29 is 14.4 Å². The van der Waals surface area contributed by atoms with Crippen LogP contribution < -0.4 is 16.0 Å². The topological polar surface area (TPSA) is 140 Å². The molecule has 170 valence electrons. The Kier molecular flexibility index (Phi) is 7.19. The molecule has 2 aromatic rings.